The molecule has 2 saturated heterocycles. The largest absolute Gasteiger partial charge is 0.379 e. The van der Waals surface area contributed by atoms with E-state index >= 15 is 0 Å². The van der Waals surface area contributed by atoms with E-state index in [0.29, 0.717) is 18.2 Å². The highest BCUT2D eigenvalue weighted by molar-refractivity contribution is 4.84. The second kappa shape index (κ2) is 5.89. The average Bonchev–Trinajstić information content (AvgIpc) is 2.78. The van der Waals surface area contributed by atoms with Crippen LogP contribution in [0.15, 0.2) is 0 Å². The lowest BCUT2D eigenvalue weighted by atomic mass is 9.87. The first-order valence-corrected chi connectivity index (χ1v) is 7.44. The van der Waals surface area contributed by atoms with E-state index in [9.17, 15) is 0 Å². The number of nitrogens with zero attached hydrogens (tertiary/aromatic N) is 1. The van der Waals surface area contributed by atoms with Crippen molar-refractivity contribution in [3.8, 4) is 0 Å². The lowest BCUT2D eigenvalue weighted by Gasteiger charge is -2.34. The van der Waals surface area contributed by atoms with Crippen LogP contribution in [-0.2, 0) is 9.47 Å². The smallest absolute Gasteiger partial charge is 0.0628 e. The van der Waals surface area contributed by atoms with Gasteiger partial charge in [0.05, 0.1) is 25.4 Å². The monoisotopic (exact) mass is 255 g/mol. The van der Waals surface area contributed by atoms with E-state index in [1.807, 2.05) is 0 Å². The van der Waals surface area contributed by atoms with Crippen molar-refractivity contribution in [3.63, 3.8) is 0 Å². The predicted octanol–water partition coefficient (Wildman–Crippen LogP) is 2.69. The minimum absolute atomic E-state index is 0.289. The molecule has 0 aromatic heterocycles. The van der Waals surface area contributed by atoms with Crippen LogP contribution in [0.2, 0.25) is 0 Å². The fraction of sp³-hybridized carbons (Fsp3) is 1.00. The van der Waals surface area contributed by atoms with Gasteiger partial charge in [-0.05, 0) is 31.6 Å². The van der Waals surface area contributed by atoms with E-state index in [-0.39, 0.29) is 5.41 Å². The first kappa shape index (κ1) is 14.3. The predicted molar refractivity (Wildman–Crippen MR) is 73.8 cm³/mol. The highest BCUT2D eigenvalue weighted by atomic mass is 16.5. The zero-order valence-electron chi connectivity index (χ0n) is 12.4. The van der Waals surface area contributed by atoms with Gasteiger partial charge >= 0.3 is 0 Å². The molecule has 0 aliphatic carbocycles. The molecule has 3 atom stereocenters. The Morgan fingerprint density at radius 1 is 1.17 bits per heavy atom. The molecule has 18 heavy (non-hydrogen) atoms. The molecule has 2 heterocycles. The van der Waals surface area contributed by atoms with E-state index in [1.54, 1.807) is 0 Å². The average molecular weight is 255 g/mol. The number of hydrogen-bond donors (Lipinski definition) is 0. The Balaban J connectivity index is 1.76. The normalized spacial score (nSPS) is 32.7. The second-order valence-corrected chi connectivity index (χ2v) is 6.92. The van der Waals surface area contributed by atoms with Gasteiger partial charge in [0, 0.05) is 19.1 Å². The Kier molecular flexibility index (Phi) is 4.68. The molecule has 2 aliphatic heterocycles. The lowest BCUT2D eigenvalue weighted by Crippen LogP contribution is -2.43. The first-order chi connectivity index (χ1) is 8.47. The highest BCUT2D eigenvalue weighted by Crippen LogP contribution is 2.35. The Hall–Kier alpha value is -0.120. The van der Waals surface area contributed by atoms with Gasteiger partial charge in [-0.25, -0.2) is 0 Å². The van der Waals surface area contributed by atoms with E-state index in [0.717, 1.165) is 26.3 Å². The van der Waals surface area contributed by atoms with Crippen molar-refractivity contribution in [3.05, 3.63) is 0 Å². The molecule has 2 rings (SSSR count). The van der Waals surface area contributed by atoms with Crippen LogP contribution in [0.4, 0.5) is 0 Å². The van der Waals surface area contributed by atoms with E-state index in [1.165, 1.54) is 19.3 Å². The molecule has 3 heteroatoms. The molecular formula is C15H29NO2. The summed E-state index contributed by atoms with van der Waals surface area (Å²) in [5.74, 6) is 0. The maximum Gasteiger partial charge on any atom is 0.0628 e. The lowest BCUT2D eigenvalue weighted by molar-refractivity contribution is -0.0363. The van der Waals surface area contributed by atoms with Crippen molar-refractivity contribution in [2.75, 3.05) is 26.3 Å². The van der Waals surface area contributed by atoms with Gasteiger partial charge in [0.1, 0.15) is 0 Å². The number of rotatable bonds is 3. The molecule has 0 radical (unpaired) electrons. The van der Waals surface area contributed by atoms with Crippen LogP contribution in [0.1, 0.15) is 47.0 Å². The molecule has 0 amide bonds. The molecular weight excluding hydrogens is 226 g/mol. The summed E-state index contributed by atoms with van der Waals surface area (Å²) in [5.41, 5.74) is 0.289. The summed E-state index contributed by atoms with van der Waals surface area (Å²) in [6, 6.07) is 0.623. The van der Waals surface area contributed by atoms with E-state index in [2.05, 4.69) is 32.6 Å². The van der Waals surface area contributed by atoms with Gasteiger partial charge in [-0.3, -0.25) is 4.90 Å². The summed E-state index contributed by atoms with van der Waals surface area (Å²) in [7, 11) is 0. The van der Waals surface area contributed by atoms with Crippen LogP contribution in [0, 0.1) is 5.41 Å². The quantitative estimate of drug-likeness (QED) is 0.774. The van der Waals surface area contributed by atoms with Gasteiger partial charge in [0.25, 0.3) is 0 Å². The highest BCUT2D eigenvalue weighted by Gasteiger charge is 2.35. The van der Waals surface area contributed by atoms with Gasteiger partial charge in [-0.1, -0.05) is 20.8 Å². The molecule has 0 aromatic rings. The Labute approximate surface area is 112 Å². The van der Waals surface area contributed by atoms with Gasteiger partial charge < -0.3 is 9.47 Å². The van der Waals surface area contributed by atoms with Crippen molar-refractivity contribution in [2.45, 2.75) is 65.2 Å². The standard InChI is InChI=1S/C15H29NO2/c1-12(16-7-9-17-10-8-16)11-13-5-6-14(18-13)15(2,3)4/h12-14H,5-11H2,1-4H3. The van der Waals surface area contributed by atoms with Crippen LogP contribution in [0.25, 0.3) is 0 Å². The minimum atomic E-state index is 0.289. The molecule has 2 fully saturated rings. The SMILES string of the molecule is CC(CC1CCC(C(C)(C)C)O1)N1CCOCC1. The summed E-state index contributed by atoms with van der Waals surface area (Å²) in [5, 5.41) is 0. The summed E-state index contributed by atoms with van der Waals surface area (Å²) in [6.45, 7) is 13.1. The molecule has 106 valence electrons. The molecule has 0 N–H and O–H groups in total. The molecule has 2 aliphatic rings. The fourth-order valence-corrected chi connectivity index (χ4v) is 3.06. The maximum atomic E-state index is 6.23. The van der Waals surface area contributed by atoms with Gasteiger partial charge in [0.2, 0.25) is 0 Å². The minimum Gasteiger partial charge on any atom is -0.379 e. The summed E-state index contributed by atoms with van der Waals surface area (Å²) in [4.78, 5) is 2.54. The van der Waals surface area contributed by atoms with Gasteiger partial charge in [-0.2, -0.15) is 0 Å². The summed E-state index contributed by atoms with van der Waals surface area (Å²) in [6.07, 6.45) is 4.54. The van der Waals surface area contributed by atoms with Gasteiger partial charge in [-0.15, -0.1) is 0 Å². The molecule has 0 aromatic carbocycles. The Bertz CT molecular complexity index is 256. The Morgan fingerprint density at radius 3 is 2.39 bits per heavy atom. The van der Waals surface area contributed by atoms with Crippen molar-refractivity contribution in [1.29, 1.82) is 0 Å². The van der Waals surface area contributed by atoms with Crippen LogP contribution in [-0.4, -0.2) is 49.5 Å². The van der Waals surface area contributed by atoms with Crippen molar-refractivity contribution in [2.24, 2.45) is 5.41 Å². The zero-order chi connectivity index (χ0) is 13.2. The van der Waals surface area contributed by atoms with E-state index in [4.69, 9.17) is 9.47 Å². The third kappa shape index (κ3) is 3.69. The van der Waals surface area contributed by atoms with Crippen molar-refractivity contribution < 1.29 is 9.47 Å². The molecule has 0 saturated carbocycles. The second-order valence-electron chi connectivity index (χ2n) is 6.92. The number of ether oxygens (including phenoxy) is 2. The van der Waals surface area contributed by atoms with Crippen LogP contribution >= 0.6 is 0 Å². The zero-order valence-corrected chi connectivity index (χ0v) is 12.4. The molecule has 3 nitrogen and oxygen atoms in total. The molecule has 3 unspecified atom stereocenters. The fourth-order valence-electron chi connectivity index (χ4n) is 3.06. The summed E-state index contributed by atoms with van der Waals surface area (Å²) >= 11 is 0. The van der Waals surface area contributed by atoms with Crippen molar-refractivity contribution in [1.82, 2.24) is 4.90 Å². The molecule has 0 bridgehead atoms. The molecule has 0 spiro atoms. The van der Waals surface area contributed by atoms with Gasteiger partial charge in [0.15, 0.2) is 0 Å². The third-order valence-electron chi connectivity index (χ3n) is 4.35. The topological polar surface area (TPSA) is 21.7 Å². The van der Waals surface area contributed by atoms with Crippen LogP contribution < -0.4 is 0 Å². The number of hydrogen-bond acceptors (Lipinski definition) is 3. The summed E-state index contributed by atoms with van der Waals surface area (Å²) < 4.78 is 11.6. The van der Waals surface area contributed by atoms with Crippen LogP contribution in [0.5, 0.6) is 0 Å². The maximum absolute atomic E-state index is 6.23. The number of morpholine rings is 1. The third-order valence-corrected chi connectivity index (χ3v) is 4.35. The van der Waals surface area contributed by atoms with Crippen LogP contribution in [0.3, 0.4) is 0 Å². The first-order valence-electron chi connectivity index (χ1n) is 7.44. The van der Waals surface area contributed by atoms with Crippen molar-refractivity contribution >= 4 is 0 Å². The van der Waals surface area contributed by atoms with E-state index < -0.39 is 0 Å². The Morgan fingerprint density at radius 2 is 1.83 bits per heavy atom.